The first-order chi connectivity index (χ1) is 17.4. The van der Waals surface area contributed by atoms with Crippen LogP contribution >= 0.6 is 0 Å². The van der Waals surface area contributed by atoms with E-state index in [1.165, 1.54) is 11.3 Å². The molecule has 0 aliphatic carbocycles. The summed E-state index contributed by atoms with van der Waals surface area (Å²) in [5, 5.41) is 8.45. The van der Waals surface area contributed by atoms with Crippen molar-refractivity contribution in [2.75, 3.05) is 42.9 Å². The largest absolute Gasteiger partial charge is 0.369 e. The van der Waals surface area contributed by atoms with E-state index in [2.05, 4.69) is 70.5 Å². The third-order valence-electron chi connectivity index (χ3n) is 7.08. The number of aryl methyl sites for hydroxylation is 3. The van der Waals surface area contributed by atoms with Crippen molar-refractivity contribution in [3.8, 4) is 0 Å². The molecule has 5 rings (SSSR count). The lowest BCUT2D eigenvalue weighted by Gasteiger charge is -2.35. The highest BCUT2D eigenvalue weighted by Crippen LogP contribution is 2.26. The van der Waals surface area contributed by atoms with Gasteiger partial charge in [0.1, 0.15) is 0 Å². The molecule has 1 aliphatic rings. The molecule has 0 spiro atoms. The average molecular weight is 483 g/mol. The zero-order chi connectivity index (χ0) is 25.2. The Bertz CT molecular complexity index is 1380. The van der Waals surface area contributed by atoms with E-state index >= 15 is 0 Å². The lowest BCUT2D eigenvalue weighted by atomic mass is 10.1. The molecule has 1 fully saturated rings. The van der Waals surface area contributed by atoms with Crippen LogP contribution in [0, 0.1) is 20.8 Å². The second-order valence-corrected chi connectivity index (χ2v) is 9.71. The van der Waals surface area contributed by atoms with Crippen molar-refractivity contribution >= 4 is 28.3 Å². The van der Waals surface area contributed by atoms with Crippen LogP contribution < -0.4 is 10.2 Å². The number of aromatic nitrogens is 3. The minimum absolute atomic E-state index is 0.146. The van der Waals surface area contributed by atoms with Gasteiger partial charge in [0.15, 0.2) is 5.65 Å². The smallest absolute Gasteiger partial charge is 0.256 e. The van der Waals surface area contributed by atoms with Gasteiger partial charge in [-0.3, -0.25) is 4.79 Å². The standard InChI is InChI=1S/C29H34N6O/c1-5-33-12-14-34(15-13-33)24-10-11-27(21(3)16-24)32-29(36)25-17-22(4)31-28-26(25)18-30-35(28)19-23-8-6-20(2)7-9-23/h6-11,16-18H,5,12-15,19H2,1-4H3,(H,32,36). The number of rotatable bonds is 6. The number of pyridine rings is 1. The van der Waals surface area contributed by atoms with E-state index in [4.69, 9.17) is 4.98 Å². The quantitative estimate of drug-likeness (QED) is 0.428. The summed E-state index contributed by atoms with van der Waals surface area (Å²) in [5.41, 5.74) is 7.55. The van der Waals surface area contributed by atoms with Crippen LogP contribution in [0.4, 0.5) is 11.4 Å². The number of benzene rings is 2. The number of carbonyl (C=O) groups is 1. The number of carbonyl (C=O) groups excluding carboxylic acids is 1. The Balaban J connectivity index is 1.36. The van der Waals surface area contributed by atoms with Gasteiger partial charge in [0.2, 0.25) is 0 Å². The molecule has 2 aromatic heterocycles. The van der Waals surface area contributed by atoms with E-state index in [0.29, 0.717) is 12.1 Å². The van der Waals surface area contributed by atoms with Gasteiger partial charge in [0.05, 0.1) is 23.7 Å². The Morgan fingerprint density at radius 2 is 1.72 bits per heavy atom. The summed E-state index contributed by atoms with van der Waals surface area (Å²) >= 11 is 0. The fourth-order valence-corrected chi connectivity index (χ4v) is 4.84. The van der Waals surface area contributed by atoms with E-state index in [9.17, 15) is 4.79 Å². The predicted octanol–water partition coefficient (Wildman–Crippen LogP) is 4.80. The Morgan fingerprint density at radius 3 is 2.42 bits per heavy atom. The average Bonchev–Trinajstić information content (AvgIpc) is 3.28. The second-order valence-electron chi connectivity index (χ2n) is 9.71. The summed E-state index contributed by atoms with van der Waals surface area (Å²) in [4.78, 5) is 23.0. The molecule has 0 radical (unpaired) electrons. The van der Waals surface area contributed by atoms with Crippen LogP contribution in [0.25, 0.3) is 11.0 Å². The molecule has 186 valence electrons. The number of nitrogens with one attached hydrogen (secondary N) is 1. The number of likely N-dealkylation sites (N-methyl/N-ethyl adjacent to an activating group) is 1. The molecule has 1 saturated heterocycles. The maximum absolute atomic E-state index is 13.4. The monoisotopic (exact) mass is 482 g/mol. The Kier molecular flexibility index (Phi) is 6.74. The van der Waals surface area contributed by atoms with Gasteiger partial charge in [-0.05, 0) is 62.7 Å². The van der Waals surface area contributed by atoms with Crippen molar-refractivity contribution in [3.63, 3.8) is 0 Å². The van der Waals surface area contributed by atoms with Gasteiger partial charge < -0.3 is 15.1 Å². The molecule has 1 N–H and O–H groups in total. The number of hydrogen-bond acceptors (Lipinski definition) is 5. The van der Waals surface area contributed by atoms with Crippen LogP contribution in [0.2, 0.25) is 0 Å². The van der Waals surface area contributed by atoms with Crippen LogP contribution in [-0.2, 0) is 6.54 Å². The Morgan fingerprint density at radius 1 is 0.972 bits per heavy atom. The topological polar surface area (TPSA) is 66.3 Å². The Hall–Kier alpha value is -3.71. The van der Waals surface area contributed by atoms with Gasteiger partial charge in [0, 0.05) is 43.2 Å². The van der Waals surface area contributed by atoms with Gasteiger partial charge in [-0.25, -0.2) is 9.67 Å². The van der Waals surface area contributed by atoms with Crippen LogP contribution in [0.3, 0.4) is 0 Å². The molecule has 3 heterocycles. The van der Waals surface area contributed by atoms with Crippen molar-refractivity contribution < 1.29 is 4.79 Å². The predicted molar refractivity (Wildman–Crippen MR) is 146 cm³/mol. The molecule has 7 heteroatoms. The molecule has 0 unspecified atom stereocenters. The maximum Gasteiger partial charge on any atom is 0.256 e. The highest BCUT2D eigenvalue weighted by molar-refractivity contribution is 6.12. The summed E-state index contributed by atoms with van der Waals surface area (Å²) in [6.45, 7) is 14.2. The van der Waals surface area contributed by atoms with E-state index in [1.54, 1.807) is 6.20 Å². The number of fused-ring (bicyclic) bond motifs is 1. The molecule has 0 atom stereocenters. The van der Waals surface area contributed by atoms with Crippen LogP contribution in [0.1, 0.15) is 39.7 Å². The molecular formula is C29H34N6O. The van der Waals surface area contributed by atoms with Gasteiger partial charge in [0.25, 0.3) is 5.91 Å². The zero-order valence-corrected chi connectivity index (χ0v) is 21.6. The summed E-state index contributed by atoms with van der Waals surface area (Å²) in [6, 6.07) is 16.5. The third kappa shape index (κ3) is 4.97. The normalized spacial score (nSPS) is 14.4. The van der Waals surface area contributed by atoms with E-state index in [-0.39, 0.29) is 5.91 Å². The van der Waals surface area contributed by atoms with Crippen molar-refractivity contribution in [2.45, 2.75) is 34.2 Å². The summed E-state index contributed by atoms with van der Waals surface area (Å²) < 4.78 is 1.86. The van der Waals surface area contributed by atoms with E-state index < -0.39 is 0 Å². The number of amides is 1. The van der Waals surface area contributed by atoms with Crippen molar-refractivity contribution in [2.24, 2.45) is 0 Å². The Labute approximate surface area is 212 Å². The fraction of sp³-hybridized carbons (Fsp3) is 0.345. The molecular weight excluding hydrogens is 448 g/mol. The molecule has 7 nitrogen and oxygen atoms in total. The van der Waals surface area contributed by atoms with E-state index in [1.807, 2.05) is 30.7 Å². The molecule has 2 aromatic carbocycles. The van der Waals surface area contributed by atoms with Gasteiger partial charge >= 0.3 is 0 Å². The first-order valence-electron chi connectivity index (χ1n) is 12.7. The first kappa shape index (κ1) is 24.0. The number of anilines is 2. The fourth-order valence-electron chi connectivity index (χ4n) is 4.84. The minimum Gasteiger partial charge on any atom is -0.369 e. The molecule has 0 bridgehead atoms. The van der Waals surface area contributed by atoms with Gasteiger partial charge in [-0.15, -0.1) is 0 Å². The third-order valence-corrected chi connectivity index (χ3v) is 7.08. The lowest BCUT2D eigenvalue weighted by Crippen LogP contribution is -2.46. The van der Waals surface area contributed by atoms with Crippen LogP contribution in [0.5, 0.6) is 0 Å². The second kappa shape index (κ2) is 10.1. The highest BCUT2D eigenvalue weighted by atomic mass is 16.1. The maximum atomic E-state index is 13.4. The zero-order valence-electron chi connectivity index (χ0n) is 21.6. The molecule has 36 heavy (non-hydrogen) atoms. The van der Waals surface area contributed by atoms with Gasteiger partial charge in [-0.2, -0.15) is 5.10 Å². The van der Waals surface area contributed by atoms with Crippen molar-refractivity contribution in [1.82, 2.24) is 19.7 Å². The number of hydrogen-bond donors (Lipinski definition) is 1. The lowest BCUT2D eigenvalue weighted by molar-refractivity contribution is 0.102. The summed E-state index contributed by atoms with van der Waals surface area (Å²) in [6.07, 6.45) is 1.75. The number of nitrogens with zero attached hydrogens (tertiary/aromatic N) is 5. The van der Waals surface area contributed by atoms with Crippen LogP contribution in [-0.4, -0.2) is 58.3 Å². The first-order valence-corrected chi connectivity index (χ1v) is 12.7. The summed E-state index contributed by atoms with van der Waals surface area (Å²) in [7, 11) is 0. The number of piperazine rings is 1. The summed E-state index contributed by atoms with van der Waals surface area (Å²) in [5.74, 6) is -0.146. The molecule has 1 amide bonds. The van der Waals surface area contributed by atoms with Crippen LogP contribution in [0.15, 0.2) is 54.7 Å². The van der Waals surface area contributed by atoms with E-state index in [0.717, 1.165) is 66.3 Å². The van der Waals surface area contributed by atoms with Crippen molar-refractivity contribution in [1.29, 1.82) is 0 Å². The molecule has 0 saturated carbocycles. The highest BCUT2D eigenvalue weighted by Gasteiger charge is 2.19. The SMILES string of the molecule is CCN1CCN(c2ccc(NC(=O)c3cc(C)nc4c3cnn4Cc3ccc(C)cc3)c(C)c2)CC1. The minimum atomic E-state index is -0.146. The van der Waals surface area contributed by atoms with Crippen molar-refractivity contribution in [3.05, 3.63) is 82.7 Å². The molecule has 1 aliphatic heterocycles. The van der Waals surface area contributed by atoms with Gasteiger partial charge in [-0.1, -0.05) is 36.8 Å². The molecule has 4 aromatic rings.